The number of amides is 1. The summed E-state index contributed by atoms with van der Waals surface area (Å²) in [6.45, 7) is 6.60. The third-order valence-electron chi connectivity index (χ3n) is 7.17. The van der Waals surface area contributed by atoms with E-state index < -0.39 is 10.0 Å². The van der Waals surface area contributed by atoms with Crippen LogP contribution in [0.3, 0.4) is 0 Å². The fraction of sp³-hybridized carbons (Fsp3) is 0.640. The van der Waals surface area contributed by atoms with Crippen molar-refractivity contribution in [3.63, 3.8) is 0 Å². The molecule has 1 N–H and O–H groups in total. The van der Waals surface area contributed by atoms with E-state index in [4.69, 9.17) is 0 Å². The zero-order valence-corrected chi connectivity index (χ0v) is 20.7. The zero-order valence-electron chi connectivity index (χ0n) is 19.8. The summed E-state index contributed by atoms with van der Waals surface area (Å²) in [6, 6.07) is 7.81. The van der Waals surface area contributed by atoms with Gasteiger partial charge >= 0.3 is 0 Å². The second-order valence-electron chi connectivity index (χ2n) is 9.43. The molecule has 2 aliphatic heterocycles. The predicted octanol–water partition coefficient (Wildman–Crippen LogP) is 3.59. The monoisotopic (exact) mass is 474 g/mol. The van der Waals surface area contributed by atoms with Gasteiger partial charge in [0.05, 0.1) is 4.90 Å². The van der Waals surface area contributed by atoms with Crippen LogP contribution in [-0.2, 0) is 21.4 Å². The standard InChI is InChI=1S/C25H38N4O3S/c1-2-22-9-4-7-14-27(22)15-8-13-26-25(30)20-28-18-12-21-19-23(10-11-24(21)28)33(31,32)29-16-5-3-6-17-29/h10-12,18-19,22H,2-9,13-17,20H2,1H3,(H,26,30)/t22-/m0/s1. The van der Waals surface area contributed by atoms with Crippen molar-refractivity contribution >= 4 is 26.8 Å². The molecule has 2 fully saturated rings. The van der Waals surface area contributed by atoms with E-state index >= 15 is 0 Å². The number of fused-ring (bicyclic) bond motifs is 1. The van der Waals surface area contributed by atoms with Gasteiger partial charge in [-0.05, 0) is 69.3 Å². The number of rotatable bonds is 9. The molecule has 0 saturated carbocycles. The fourth-order valence-electron chi connectivity index (χ4n) is 5.27. The smallest absolute Gasteiger partial charge is 0.243 e. The molecule has 182 valence electrons. The average Bonchev–Trinajstić information content (AvgIpc) is 3.24. The Morgan fingerprint density at radius 3 is 2.64 bits per heavy atom. The lowest BCUT2D eigenvalue weighted by atomic mass is 10.00. The number of hydrogen-bond acceptors (Lipinski definition) is 4. The lowest BCUT2D eigenvalue weighted by Crippen LogP contribution is -2.40. The van der Waals surface area contributed by atoms with Crippen LogP contribution in [0.15, 0.2) is 35.4 Å². The van der Waals surface area contributed by atoms with Crippen LogP contribution >= 0.6 is 0 Å². The summed E-state index contributed by atoms with van der Waals surface area (Å²) >= 11 is 0. The molecule has 0 spiro atoms. The van der Waals surface area contributed by atoms with Crippen molar-refractivity contribution in [3.05, 3.63) is 30.5 Å². The molecular weight excluding hydrogens is 436 g/mol. The second kappa shape index (κ2) is 11.0. The number of nitrogens with zero attached hydrogens (tertiary/aromatic N) is 3. The molecular formula is C25H38N4O3S. The van der Waals surface area contributed by atoms with Crippen LogP contribution < -0.4 is 5.32 Å². The average molecular weight is 475 g/mol. The molecule has 2 aliphatic rings. The molecule has 1 amide bonds. The molecule has 1 aromatic heterocycles. The first-order valence-electron chi connectivity index (χ1n) is 12.6. The summed E-state index contributed by atoms with van der Waals surface area (Å²) in [5.41, 5.74) is 0.877. The van der Waals surface area contributed by atoms with Gasteiger partial charge in [0.25, 0.3) is 0 Å². The number of hydrogen-bond donors (Lipinski definition) is 1. The highest BCUT2D eigenvalue weighted by atomic mass is 32.2. The molecule has 1 aromatic carbocycles. The summed E-state index contributed by atoms with van der Waals surface area (Å²) < 4.78 is 29.4. The van der Waals surface area contributed by atoms with Crippen LogP contribution in [0, 0.1) is 0 Å². The molecule has 0 radical (unpaired) electrons. The highest BCUT2D eigenvalue weighted by molar-refractivity contribution is 7.89. The van der Waals surface area contributed by atoms with Gasteiger partial charge in [0, 0.05) is 49.3 Å². The van der Waals surface area contributed by atoms with Gasteiger partial charge < -0.3 is 14.8 Å². The Hall–Kier alpha value is -1.90. The molecule has 0 bridgehead atoms. The van der Waals surface area contributed by atoms with Crippen LogP contribution in [0.1, 0.15) is 58.3 Å². The summed E-state index contributed by atoms with van der Waals surface area (Å²) in [5, 5.41) is 3.89. The number of carbonyl (C=O) groups is 1. The Labute approximate surface area is 198 Å². The normalized spacial score (nSPS) is 20.8. The lowest BCUT2D eigenvalue weighted by Gasteiger charge is -2.35. The summed E-state index contributed by atoms with van der Waals surface area (Å²) in [5.74, 6) is -0.0109. The Bertz CT molecular complexity index is 1040. The van der Waals surface area contributed by atoms with Crippen molar-refractivity contribution in [2.75, 3.05) is 32.7 Å². The van der Waals surface area contributed by atoms with Gasteiger partial charge in [-0.15, -0.1) is 0 Å². The molecule has 2 aromatic rings. The van der Waals surface area contributed by atoms with Crippen LogP contribution in [0.2, 0.25) is 0 Å². The van der Waals surface area contributed by atoms with Crippen LogP contribution in [-0.4, -0.2) is 66.9 Å². The first-order chi connectivity index (χ1) is 16.0. The third kappa shape index (κ3) is 5.78. The molecule has 0 aliphatic carbocycles. The van der Waals surface area contributed by atoms with Gasteiger partial charge in [-0.25, -0.2) is 8.42 Å². The van der Waals surface area contributed by atoms with E-state index in [1.54, 1.807) is 16.4 Å². The summed E-state index contributed by atoms with van der Waals surface area (Å²) in [4.78, 5) is 15.4. The topological polar surface area (TPSA) is 74.6 Å². The minimum Gasteiger partial charge on any atom is -0.355 e. The highest BCUT2D eigenvalue weighted by Gasteiger charge is 2.26. The molecule has 2 saturated heterocycles. The Kier molecular flexibility index (Phi) is 8.09. The third-order valence-corrected chi connectivity index (χ3v) is 9.07. The van der Waals surface area contributed by atoms with Gasteiger partial charge in [0.2, 0.25) is 15.9 Å². The summed E-state index contributed by atoms with van der Waals surface area (Å²) in [6.07, 6.45) is 10.9. The van der Waals surface area contributed by atoms with Crippen LogP contribution in [0.4, 0.5) is 0 Å². The van der Waals surface area contributed by atoms with Gasteiger partial charge in [0.1, 0.15) is 6.54 Å². The Morgan fingerprint density at radius 1 is 1.06 bits per heavy atom. The summed E-state index contributed by atoms with van der Waals surface area (Å²) in [7, 11) is -3.46. The SMILES string of the molecule is CC[C@H]1CCCCN1CCCNC(=O)Cn1ccc2cc(S(=O)(=O)N3CCCCC3)ccc21. The number of nitrogens with one attached hydrogen (secondary N) is 1. The second-order valence-corrected chi connectivity index (χ2v) is 11.4. The molecule has 4 rings (SSSR count). The van der Waals surface area contributed by atoms with Crippen LogP contribution in [0.25, 0.3) is 10.9 Å². The van der Waals surface area contributed by atoms with E-state index in [1.165, 1.54) is 32.2 Å². The number of benzene rings is 1. The first kappa shape index (κ1) is 24.2. The predicted molar refractivity (Wildman–Crippen MR) is 132 cm³/mol. The maximum absolute atomic E-state index is 13.0. The van der Waals surface area contributed by atoms with Crippen molar-refractivity contribution in [1.82, 2.24) is 19.1 Å². The maximum atomic E-state index is 13.0. The quantitative estimate of drug-likeness (QED) is 0.564. The molecule has 8 heteroatoms. The van der Waals surface area contributed by atoms with Gasteiger partial charge in [-0.3, -0.25) is 4.79 Å². The van der Waals surface area contributed by atoms with E-state index in [9.17, 15) is 13.2 Å². The number of carbonyl (C=O) groups excluding carboxylic acids is 1. The van der Waals surface area contributed by atoms with Crippen molar-refractivity contribution < 1.29 is 13.2 Å². The van der Waals surface area contributed by atoms with E-state index in [-0.39, 0.29) is 12.5 Å². The van der Waals surface area contributed by atoms with Gasteiger partial charge in [0.15, 0.2) is 0 Å². The van der Waals surface area contributed by atoms with Crippen molar-refractivity contribution in [1.29, 1.82) is 0 Å². The Balaban J connectivity index is 1.31. The molecule has 33 heavy (non-hydrogen) atoms. The van der Waals surface area contributed by atoms with Gasteiger partial charge in [-0.2, -0.15) is 4.31 Å². The molecule has 7 nitrogen and oxygen atoms in total. The molecule has 0 unspecified atom stereocenters. The molecule has 1 atom stereocenters. The maximum Gasteiger partial charge on any atom is 0.243 e. The number of likely N-dealkylation sites (tertiary alicyclic amines) is 1. The van der Waals surface area contributed by atoms with E-state index in [0.717, 1.165) is 43.1 Å². The highest BCUT2D eigenvalue weighted by Crippen LogP contribution is 2.25. The lowest BCUT2D eigenvalue weighted by molar-refractivity contribution is -0.121. The van der Waals surface area contributed by atoms with Crippen LogP contribution in [0.5, 0.6) is 0 Å². The molecule has 3 heterocycles. The van der Waals surface area contributed by atoms with E-state index in [0.29, 0.717) is 30.6 Å². The number of piperidine rings is 2. The number of aromatic nitrogens is 1. The van der Waals surface area contributed by atoms with Crippen molar-refractivity contribution in [3.8, 4) is 0 Å². The van der Waals surface area contributed by atoms with Crippen molar-refractivity contribution in [2.45, 2.75) is 75.8 Å². The van der Waals surface area contributed by atoms with E-state index in [2.05, 4.69) is 17.1 Å². The first-order valence-corrected chi connectivity index (χ1v) is 14.0. The van der Waals surface area contributed by atoms with Gasteiger partial charge in [-0.1, -0.05) is 19.8 Å². The minimum absolute atomic E-state index is 0.0109. The fourth-order valence-corrected chi connectivity index (χ4v) is 6.82. The zero-order chi connectivity index (χ0) is 23.3. The largest absolute Gasteiger partial charge is 0.355 e. The van der Waals surface area contributed by atoms with Crippen molar-refractivity contribution in [2.24, 2.45) is 0 Å². The van der Waals surface area contributed by atoms with E-state index in [1.807, 2.05) is 22.9 Å². The Morgan fingerprint density at radius 2 is 1.85 bits per heavy atom. The number of sulfonamides is 1. The minimum atomic E-state index is -3.46.